The molecule has 0 spiro atoms. The summed E-state index contributed by atoms with van der Waals surface area (Å²) in [7, 11) is 0. The number of fused-ring (bicyclic) bond motifs is 1. The summed E-state index contributed by atoms with van der Waals surface area (Å²) >= 11 is 0. The number of ether oxygens (including phenoxy) is 1. The normalized spacial score (nSPS) is 28.4. The van der Waals surface area contributed by atoms with Gasteiger partial charge in [0.1, 0.15) is 5.69 Å². The second-order valence-corrected chi connectivity index (χ2v) is 5.93. The van der Waals surface area contributed by atoms with E-state index in [1.165, 1.54) is 12.1 Å². The van der Waals surface area contributed by atoms with Gasteiger partial charge in [-0.1, -0.05) is 0 Å². The Morgan fingerprint density at radius 2 is 2.33 bits per heavy atom. The molecule has 1 aromatic rings. The number of halogens is 2. The number of aliphatic hydroxyl groups excluding tert-OH is 1. The maximum absolute atomic E-state index is 13.1. The van der Waals surface area contributed by atoms with E-state index in [0.29, 0.717) is 32.0 Å². The molecule has 0 aromatic carbocycles. The molecular weight excluding hydrogens is 282 g/mol. The highest BCUT2D eigenvalue weighted by Crippen LogP contribution is 2.41. The van der Waals surface area contributed by atoms with Gasteiger partial charge in [-0.15, -0.1) is 0 Å². The first kappa shape index (κ1) is 14.5. The lowest BCUT2D eigenvalue weighted by molar-refractivity contribution is 0.0509. The molecule has 0 saturated carbocycles. The summed E-state index contributed by atoms with van der Waals surface area (Å²) in [6.07, 6.45) is 0. The average molecular weight is 300 g/mol. The van der Waals surface area contributed by atoms with Crippen LogP contribution >= 0.6 is 0 Å². The van der Waals surface area contributed by atoms with Crippen LogP contribution < -0.4 is 0 Å². The smallest absolute Gasteiger partial charge is 0.319 e. The summed E-state index contributed by atoms with van der Waals surface area (Å²) in [6, 6.07) is 2.95. The number of carbonyl (C=O) groups excluding carboxylic acids is 1. The molecule has 2 saturated heterocycles. The van der Waals surface area contributed by atoms with Crippen LogP contribution in [0.2, 0.25) is 0 Å². The van der Waals surface area contributed by atoms with E-state index in [4.69, 9.17) is 4.74 Å². The zero-order valence-corrected chi connectivity index (χ0v) is 11.8. The fourth-order valence-corrected chi connectivity index (χ4v) is 3.36. The maximum Gasteiger partial charge on any atom is 0.319 e. The second-order valence-electron chi connectivity index (χ2n) is 5.93. The monoisotopic (exact) mass is 300 g/mol. The molecule has 21 heavy (non-hydrogen) atoms. The van der Waals surface area contributed by atoms with Crippen molar-refractivity contribution in [3.05, 3.63) is 23.5 Å². The lowest BCUT2D eigenvalue weighted by Crippen LogP contribution is -2.37. The molecule has 5 nitrogen and oxygen atoms in total. The van der Waals surface area contributed by atoms with Crippen LogP contribution in [0.5, 0.6) is 0 Å². The van der Waals surface area contributed by atoms with Crippen LogP contribution in [-0.4, -0.2) is 53.4 Å². The predicted molar refractivity (Wildman–Crippen MR) is 70.2 cm³/mol. The number of nitrogens with zero attached hydrogens (tertiary/aromatic N) is 2. The van der Waals surface area contributed by atoms with Gasteiger partial charge >= 0.3 is 6.55 Å². The number of alkyl halides is 2. The minimum Gasteiger partial charge on any atom is -0.396 e. The van der Waals surface area contributed by atoms with Crippen molar-refractivity contribution in [3.8, 4) is 0 Å². The summed E-state index contributed by atoms with van der Waals surface area (Å²) in [6.45, 7) is 0.441. The van der Waals surface area contributed by atoms with Crippen LogP contribution in [0.15, 0.2) is 12.1 Å². The molecule has 2 aliphatic heterocycles. The SMILES string of the molecule is Cc1ccc(C(=O)N2C[C@H]3COC[C@@]3(CO)C2)n1C(F)F. The van der Waals surface area contributed by atoms with E-state index in [2.05, 4.69) is 0 Å². The van der Waals surface area contributed by atoms with Gasteiger partial charge in [-0.3, -0.25) is 9.36 Å². The Balaban J connectivity index is 1.85. The lowest BCUT2D eigenvalue weighted by Gasteiger charge is -2.24. The van der Waals surface area contributed by atoms with Crippen molar-refractivity contribution in [2.75, 3.05) is 32.9 Å². The Labute approximate surface area is 121 Å². The topological polar surface area (TPSA) is 54.7 Å². The Kier molecular flexibility index (Phi) is 3.49. The third kappa shape index (κ3) is 2.15. The molecule has 3 rings (SSSR count). The Morgan fingerprint density at radius 3 is 2.95 bits per heavy atom. The van der Waals surface area contributed by atoms with E-state index in [0.717, 1.165) is 4.57 Å². The molecule has 2 fully saturated rings. The Morgan fingerprint density at radius 1 is 1.57 bits per heavy atom. The first-order valence-corrected chi connectivity index (χ1v) is 6.92. The van der Waals surface area contributed by atoms with Crippen molar-refractivity contribution < 1.29 is 23.4 Å². The quantitative estimate of drug-likeness (QED) is 0.914. The molecule has 0 bridgehead atoms. The van der Waals surface area contributed by atoms with Gasteiger partial charge in [0.2, 0.25) is 0 Å². The predicted octanol–water partition coefficient (Wildman–Crippen LogP) is 1.27. The summed E-state index contributed by atoms with van der Waals surface area (Å²) in [5.74, 6) is -0.340. The highest BCUT2D eigenvalue weighted by molar-refractivity contribution is 5.93. The zero-order chi connectivity index (χ0) is 15.2. The third-order valence-electron chi connectivity index (χ3n) is 4.66. The molecule has 2 atom stereocenters. The highest BCUT2D eigenvalue weighted by Gasteiger charge is 2.51. The number of aromatic nitrogens is 1. The molecule has 0 unspecified atom stereocenters. The lowest BCUT2D eigenvalue weighted by atomic mass is 9.82. The van der Waals surface area contributed by atoms with Gasteiger partial charge in [-0.05, 0) is 19.1 Å². The van der Waals surface area contributed by atoms with E-state index in [-0.39, 0.29) is 18.2 Å². The van der Waals surface area contributed by atoms with E-state index in [9.17, 15) is 18.7 Å². The minimum atomic E-state index is -2.74. The molecule has 7 heteroatoms. The van der Waals surface area contributed by atoms with Crippen LogP contribution in [0.25, 0.3) is 0 Å². The summed E-state index contributed by atoms with van der Waals surface area (Å²) in [5, 5.41) is 9.60. The fourth-order valence-electron chi connectivity index (χ4n) is 3.36. The molecule has 1 N–H and O–H groups in total. The zero-order valence-electron chi connectivity index (χ0n) is 11.8. The molecular formula is C14H18F2N2O3. The summed E-state index contributed by atoms with van der Waals surface area (Å²) < 4.78 is 32.3. The van der Waals surface area contributed by atoms with Gasteiger partial charge < -0.3 is 14.7 Å². The van der Waals surface area contributed by atoms with Crippen LogP contribution in [0.1, 0.15) is 22.7 Å². The average Bonchev–Trinajstić information content (AvgIpc) is 3.08. The Bertz CT molecular complexity index is 560. The van der Waals surface area contributed by atoms with Crippen molar-refractivity contribution in [1.82, 2.24) is 9.47 Å². The largest absolute Gasteiger partial charge is 0.396 e. The molecule has 0 aliphatic carbocycles. The molecule has 3 heterocycles. The van der Waals surface area contributed by atoms with Crippen LogP contribution in [0.3, 0.4) is 0 Å². The van der Waals surface area contributed by atoms with Crippen LogP contribution in [-0.2, 0) is 4.74 Å². The van der Waals surface area contributed by atoms with Gasteiger partial charge in [-0.25, -0.2) is 0 Å². The number of aliphatic hydroxyl groups is 1. The van der Waals surface area contributed by atoms with Crippen molar-refractivity contribution in [2.45, 2.75) is 13.5 Å². The minimum absolute atomic E-state index is 0.00326. The van der Waals surface area contributed by atoms with Crippen LogP contribution in [0, 0.1) is 18.3 Å². The number of hydrogen-bond acceptors (Lipinski definition) is 3. The van der Waals surface area contributed by atoms with Gasteiger partial charge in [0.05, 0.1) is 19.8 Å². The molecule has 1 amide bonds. The van der Waals surface area contributed by atoms with Crippen LogP contribution in [0.4, 0.5) is 8.78 Å². The first-order chi connectivity index (χ1) is 9.98. The molecule has 2 aliphatic rings. The van der Waals surface area contributed by atoms with E-state index in [1.807, 2.05) is 0 Å². The van der Waals surface area contributed by atoms with E-state index in [1.54, 1.807) is 11.8 Å². The number of carbonyl (C=O) groups is 1. The summed E-state index contributed by atoms with van der Waals surface area (Å²) in [4.78, 5) is 14.1. The summed E-state index contributed by atoms with van der Waals surface area (Å²) in [5.41, 5.74) is -0.0862. The molecule has 116 valence electrons. The second kappa shape index (κ2) is 5.06. The van der Waals surface area contributed by atoms with Crippen molar-refractivity contribution in [3.63, 3.8) is 0 Å². The van der Waals surface area contributed by atoms with Crippen molar-refractivity contribution in [1.29, 1.82) is 0 Å². The van der Waals surface area contributed by atoms with Crippen molar-refractivity contribution >= 4 is 5.91 Å². The van der Waals surface area contributed by atoms with Crippen molar-refractivity contribution in [2.24, 2.45) is 11.3 Å². The fraction of sp³-hybridized carbons (Fsp3) is 0.643. The first-order valence-electron chi connectivity index (χ1n) is 6.92. The van der Waals surface area contributed by atoms with E-state index < -0.39 is 17.9 Å². The number of likely N-dealkylation sites (tertiary alicyclic amines) is 1. The number of hydrogen-bond donors (Lipinski definition) is 1. The van der Waals surface area contributed by atoms with Gasteiger partial charge in [-0.2, -0.15) is 8.78 Å². The maximum atomic E-state index is 13.1. The number of aryl methyl sites for hydroxylation is 1. The number of amides is 1. The highest BCUT2D eigenvalue weighted by atomic mass is 19.3. The third-order valence-corrected chi connectivity index (χ3v) is 4.66. The standard InChI is InChI=1S/C14H18F2N2O3/c1-9-2-3-11(18(9)13(15)16)12(20)17-4-10-5-21-8-14(10,6-17)7-19/h2-3,10,13,19H,4-8H2,1H3/t10-,14-/m0/s1. The van der Waals surface area contributed by atoms with Gasteiger partial charge in [0, 0.05) is 30.1 Å². The molecule has 1 aromatic heterocycles. The Hall–Kier alpha value is -1.47. The van der Waals surface area contributed by atoms with E-state index >= 15 is 0 Å². The van der Waals surface area contributed by atoms with Gasteiger partial charge in [0.25, 0.3) is 5.91 Å². The number of rotatable bonds is 3. The van der Waals surface area contributed by atoms with Gasteiger partial charge in [0.15, 0.2) is 0 Å². The molecule has 0 radical (unpaired) electrons.